The first-order chi connectivity index (χ1) is 7.20. The molecule has 0 fully saturated rings. The van der Waals surface area contributed by atoms with E-state index < -0.39 is 6.10 Å². The summed E-state index contributed by atoms with van der Waals surface area (Å²) in [6, 6.07) is 6.85. The highest BCUT2D eigenvalue weighted by Gasteiger charge is 2.19. The van der Waals surface area contributed by atoms with Crippen LogP contribution in [-0.2, 0) is 0 Å². The lowest BCUT2D eigenvalue weighted by Crippen LogP contribution is -2.31. The minimum Gasteiger partial charge on any atom is -0.496 e. The van der Waals surface area contributed by atoms with Gasteiger partial charge in [-0.15, -0.1) is 0 Å². The second kappa shape index (κ2) is 5.48. The Morgan fingerprint density at radius 3 is 2.80 bits per heavy atom. The maximum atomic E-state index is 11.7. The summed E-state index contributed by atoms with van der Waals surface area (Å²) in [5, 5.41) is 12.3. The molecule has 1 aromatic rings. The molecule has 0 saturated heterocycles. The van der Waals surface area contributed by atoms with Crippen molar-refractivity contribution in [3.63, 3.8) is 0 Å². The number of hydrogen-bond donors (Lipinski definition) is 2. The highest BCUT2D eigenvalue weighted by molar-refractivity contribution is 6.01. The number of para-hydroxylation sites is 1. The molecule has 0 aromatic heterocycles. The fourth-order valence-electron chi connectivity index (χ4n) is 1.31. The van der Waals surface area contributed by atoms with Gasteiger partial charge >= 0.3 is 0 Å². The summed E-state index contributed by atoms with van der Waals surface area (Å²) < 4.78 is 5.04. The molecule has 4 nitrogen and oxygen atoms in total. The molecule has 0 amide bonds. The largest absolute Gasteiger partial charge is 0.496 e. The van der Waals surface area contributed by atoms with Gasteiger partial charge in [-0.2, -0.15) is 0 Å². The van der Waals surface area contributed by atoms with Crippen LogP contribution in [0.2, 0.25) is 0 Å². The molecule has 0 aliphatic heterocycles. The van der Waals surface area contributed by atoms with Gasteiger partial charge in [0.25, 0.3) is 0 Å². The van der Waals surface area contributed by atoms with Gasteiger partial charge in [0.2, 0.25) is 0 Å². The van der Waals surface area contributed by atoms with Crippen molar-refractivity contribution in [1.82, 2.24) is 5.32 Å². The van der Waals surface area contributed by atoms with E-state index in [0.717, 1.165) is 0 Å². The van der Waals surface area contributed by atoms with Gasteiger partial charge in [-0.3, -0.25) is 4.79 Å². The maximum Gasteiger partial charge on any atom is 0.196 e. The molecule has 1 aromatic carbocycles. The molecule has 4 heteroatoms. The number of benzene rings is 1. The van der Waals surface area contributed by atoms with E-state index in [1.54, 1.807) is 31.3 Å². The lowest BCUT2D eigenvalue weighted by atomic mass is 10.1. The van der Waals surface area contributed by atoms with Crippen LogP contribution in [0.4, 0.5) is 0 Å². The van der Waals surface area contributed by atoms with Crippen molar-refractivity contribution < 1.29 is 14.6 Å². The summed E-state index contributed by atoms with van der Waals surface area (Å²) in [5.74, 6) is 0.152. The molecule has 1 unspecified atom stereocenters. The van der Waals surface area contributed by atoms with Crippen LogP contribution in [0.25, 0.3) is 0 Å². The normalized spacial score (nSPS) is 12.2. The summed E-state index contributed by atoms with van der Waals surface area (Å²) >= 11 is 0. The highest BCUT2D eigenvalue weighted by atomic mass is 16.5. The summed E-state index contributed by atoms with van der Waals surface area (Å²) in [7, 11) is 3.18. The minimum absolute atomic E-state index is 0.233. The van der Waals surface area contributed by atoms with Crippen molar-refractivity contribution in [2.75, 3.05) is 20.7 Å². The van der Waals surface area contributed by atoms with E-state index in [2.05, 4.69) is 5.32 Å². The number of carbonyl (C=O) groups excluding carboxylic acids is 1. The Morgan fingerprint density at radius 2 is 2.20 bits per heavy atom. The number of Topliss-reactive ketones (excluding diaryl/α,β-unsaturated/α-hetero) is 1. The van der Waals surface area contributed by atoms with Gasteiger partial charge in [0.1, 0.15) is 11.9 Å². The van der Waals surface area contributed by atoms with Gasteiger partial charge in [0.15, 0.2) is 5.78 Å². The zero-order valence-electron chi connectivity index (χ0n) is 8.86. The van der Waals surface area contributed by atoms with Crippen molar-refractivity contribution in [2.45, 2.75) is 6.10 Å². The number of methoxy groups -OCH3 is 1. The third kappa shape index (κ3) is 2.78. The fraction of sp³-hybridized carbons (Fsp3) is 0.364. The third-order valence-corrected chi connectivity index (χ3v) is 2.07. The van der Waals surface area contributed by atoms with Gasteiger partial charge in [-0.25, -0.2) is 0 Å². The van der Waals surface area contributed by atoms with E-state index in [4.69, 9.17) is 4.74 Å². The predicted molar refractivity (Wildman–Crippen MR) is 57.3 cm³/mol. The molecule has 0 heterocycles. The Balaban J connectivity index is 2.90. The first-order valence-corrected chi connectivity index (χ1v) is 4.70. The van der Waals surface area contributed by atoms with Crippen molar-refractivity contribution in [3.8, 4) is 5.75 Å². The number of carbonyl (C=O) groups is 1. The van der Waals surface area contributed by atoms with Gasteiger partial charge in [0.05, 0.1) is 12.7 Å². The van der Waals surface area contributed by atoms with Gasteiger partial charge in [-0.05, 0) is 19.2 Å². The standard InChI is InChI=1S/C11H15NO3/c1-12-7-9(13)11(14)8-5-3-4-6-10(8)15-2/h3-6,9,12-13H,7H2,1-2H3. The molecule has 15 heavy (non-hydrogen) atoms. The van der Waals surface area contributed by atoms with Crippen LogP contribution in [0.1, 0.15) is 10.4 Å². The Bertz CT molecular complexity index is 338. The van der Waals surface area contributed by atoms with Crippen LogP contribution in [0.3, 0.4) is 0 Å². The first kappa shape index (κ1) is 11.7. The van der Waals surface area contributed by atoms with Crippen molar-refractivity contribution in [2.24, 2.45) is 0 Å². The van der Waals surface area contributed by atoms with Crippen molar-refractivity contribution >= 4 is 5.78 Å². The van der Waals surface area contributed by atoms with E-state index in [-0.39, 0.29) is 12.3 Å². The molecule has 1 rings (SSSR count). The van der Waals surface area contributed by atoms with Gasteiger partial charge in [0, 0.05) is 6.54 Å². The van der Waals surface area contributed by atoms with Crippen LogP contribution in [0.5, 0.6) is 5.75 Å². The number of likely N-dealkylation sites (N-methyl/N-ethyl adjacent to an activating group) is 1. The summed E-state index contributed by atoms with van der Waals surface area (Å²) in [6.07, 6.45) is -1.04. The van der Waals surface area contributed by atoms with Crippen LogP contribution < -0.4 is 10.1 Å². The quantitative estimate of drug-likeness (QED) is 0.692. The number of aliphatic hydroxyl groups excluding tert-OH is 1. The van der Waals surface area contributed by atoms with E-state index in [1.807, 2.05) is 0 Å². The smallest absolute Gasteiger partial charge is 0.196 e. The first-order valence-electron chi connectivity index (χ1n) is 4.70. The zero-order chi connectivity index (χ0) is 11.3. The van der Waals surface area contributed by atoms with Crippen molar-refractivity contribution in [3.05, 3.63) is 29.8 Å². The molecule has 0 radical (unpaired) electrons. The maximum absolute atomic E-state index is 11.7. The Labute approximate surface area is 88.9 Å². The second-order valence-electron chi connectivity index (χ2n) is 3.14. The number of hydrogen-bond acceptors (Lipinski definition) is 4. The number of rotatable bonds is 5. The number of ether oxygens (including phenoxy) is 1. The topological polar surface area (TPSA) is 58.6 Å². The average Bonchev–Trinajstić information content (AvgIpc) is 2.28. The number of ketones is 1. The summed E-state index contributed by atoms with van der Waals surface area (Å²) in [5.41, 5.74) is 0.405. The van der Waals surface area contributed by atoms with Crippen LogP contribution in [-0.4, -0.2) is 37.7 Å². The van der Waals surface area contributed by atoms with Gasteiger partial charge in [-0.1, -0.05) is 12.1 Å². The molecule has 0 bridgehead atoms. The Morgan fingerprint density at radius 1 is 1.53 bits per heavy atom. The third-order valence-electron chi connectivity index (χ3n) is 2.07. The summed E-state index contributed by atoms with van der Waals surface area (Å²) in [4.78, 5) is 11.7. The molecule has 82 valence electrons. The molecular weight excluding hydrogens is 194 g/mol. The van der Waals surface area contributed by atoms with E-state index >= 15 is 0 Å². The minimum atomic E-state index is -1.04. The lowest BCUT2D eigenvalue weighted by molar-refractivity contribution is 0.0747. The molecule has 0 aliphatic rings. The fourth-order valence-corrected chi connectivity index (χ4v) is 1.31. The van der Waals surface area contributed by atoms with Crippen LogP contribution >= 0.6 is 0 Å². The molecule has 1 atom stereocenters. The SMILES string of the molecule is CNCC(O)C(=O)c1ccccc1OC. The number of nitrogens with one attached hydrogen (secondary N) is 1. The Kier molecular flexibility index (Phi) is 4.27. The van der Waals surface area contributed by atoms with Crippen LogP contribution in [0, 0.1) is 0 Å². The van der Waals surface area contributed by atoms with E-state index in [1.165, 1.54) is 7.11 Å². The second-order valence-corrected chi connectivity index (χ2v) is 3.14. The summed E-state index contributed by atoms with van der Waals surface area (Å²) in [6.45, 7) is 0.233. The van der Waals surface area contributed by atoms with Gasteiger partial charge < -0.3 is 15.2 Å². The molecule has 2 N–H and O–H groups in total. The molecular formula is C11H15NO3. The lowest BCUT2D eigenvalue weighted by Gasteiger charge is -2.11. The highest BCUT2D eigenvalue weighted by Crippen LogP contribution is 2.18. The van der Waals surface area contributed by atoms with Crippen LogP contribution in [0.15, 0.2) is 24.3 Å². The average molecular weight is 209 g/mol. The predicted octanol–water partition coefficient (Wildman–Crippen LogP) is 0.458. The molecule has 0 aliphatic carbocycles. The monoisotopic (exact) mass is 209 g/mol. The Hall–Kier alpha value is -1.39. The zero-order valence-corrected chi connectivity index (χ0v) is 8.86. The molecule has 0 spiro atoms. The van der Waals surface area contributed by atoms with E-state index in [0.29, 0.717) is 11.3 Å². The number of aliphatic hydroxyl groups is 1. The van der Waals surface area contributed by atoms with E-state index in [9.17, 15) is 9.90 Å². The van der Waals surface area contributed by atoms with Crippen molar-refractivity contribution in [1.29, 1.82) is 0 Å². The molecule has 0 saturated carbocycles.